The summed E-state index contributed by atoms with van der Waals surface area (Å²) < 4.78 is 9.27. The molecule has 5 heteroatoms. The molecule has 0 aromatic carbocycles. The molecule has 1 rings (SSSR count). The molecule has 0 amide bonds. The average Bonchev–Trinajstić information content (AvgIpc) is 2.28. The average molecular weight is 186 g/mol. The predicted octanol–water partition coefficient (Wildman–Crippen LogP) is -0.176. The lowest BCUT2D eigenvalue weighted by atomic mass is 10.0. The molecule has 1 aliphatic heterocycles. The van der Waals surface area contributed by atoms with Gasteiger partial charge in [-0.2, -0.15) is 0 Å². The van der Waals surface area contributed by atoms with Gasteiger partial charge in [0.2, 0.25) is 11.4 Å². The summed E-state index contributed by atoms with van der Waals surface area (Å²) in [5.41, 5.74) is -1.41. The zero-order valence-corrected chi connectivity index (χ0v) is 7.46. The number of hydrogen-bond acceptors (Lipinski definition) is 5. The van der Waals surface area contributed by atoms with Crippen molar-refractivity contribution in [2.75, 3.05) is 6.61 Å². The van der Waals surface area contributed by atoms with Crippen LogP contribution in [0.3, 0.4) is 0 Å². The highest BCUT2D eigenvalue weighted by Gasteiger charge is 2.49. The zero-order valence-electron chi connectivity index (χ0n) is 7.46. The van der Waals surface area contributed by atoms with Crippen molar-refractivity contribution in [3.63, 3.8) is 0 Å². The lowest BCUT2D eigenvalue weighted by Crippen LogP contribution is -2.36. The fourth-order valence-corrected chi connectivity index (χ4v) is 1.07. The minimum Gasteiger partial charge on any atom is -0.463 e. The number of carbonyl (C=O) groups is 3. The van der Waals surface area contributed by atoms with Crippen molar-refractivity contribution < 1.29 is 23.9 Å². The molecule has 0 saturated carbocycles. The van der Waals surface area contributed by atoms with Gasteiger partial charge in [-0.25, -0.2) is 9.59 Å². The van der Waals surface area contributed by atoms with E-state index >= 15 is 0 Å². The highest BCUT2D eigenvalue weighted by atomic mass is 16.6. The molecule has 0 aromatic rings. The molecule has 0 aliphatic carbocycles. The van der Waals surface area contributed by atoms with Crippen LogP contribution in [0.5, 0.6) is 0 Å². The Bertz CT molecular complexity index is 252. The van der Waals surface area contributed by atoms with E-state index < -0.39 is 23.3 Å². The molecule has 0 N–H and O–H groups in total. The van der Waals surface area contributed by atoms with Gasteiger partial charge >= 0.3 is 11.9 Å². The van der Waals surface area contributed by atoms with Crippen molar-refractivity contribution in [1.82, 2.24) is 0 Å². The maximum atomic E-state index is 11.2. The second-order valence-electron chi connectivity index (χ2n) is 2.94. The van der Waals surface area contributed by atoms with Crippen molar-refractivity contribution >= 4 is 17.7 Å². The molecule has 1 saturated heterocycles. The molecular formula is C8H10O5. The van der Waals surface area contributed by atoms with Crippen LogP contribution in [-0.4, -0.2) is 29.9 Å². The van der Waals surface area contributed by atoms with Crippen molar-refractivity contribution in [3.05, 3.63) is 0 Å². The molecule has 1 heterocycles. The summed E-state index contributed by atoms with van der Waals surface area (Å²) in [6.45, 7) is 3.20. The minimum atomic E-state index is -1.41. The predicted molar refractivity (Wildman–Crippen MR) is 40.8 cm³/mol. The summed E-state index contributed by atoms with van der Waals surface area (Å²) in [5.74, 6) is -2.32. The van der Waals surface area contributed by atoms with Crippen LogP contribution in [0.25, 0.3) is 0 Å². The van der Waals surface area contributed by atoms with Crippen molar-refractivity contribution in [1.29, 1.82) is 0 Å². The normalized spacial score (nSPS) is 27.2. The highest BCUT2D eigenvalue weighted by Crippen LogP contribution is 2.25. The van der Waals surface area contributed by atoms with Gasteiger partial charge in [0.25, 0.3) is 0 Å². The first kappa shape index (κ1) is 9.70. The fourth-order valence-electron chi connectivity index (χ4n) is 1.07. The summed E-state index contributed by atoms with van der Waals surface area (Å²) >= 11 is 0. The molecule has 13 heavy (non-hydrogen) atoms. The quantitative estimate of drug-likeness (QED) is 0.442. The van der Waals surface area contributed by atoms with Gasteiger partial charge in [0.15, 0.2) is 0 Å². The van der Waals surface area contributed by atoms with E-state index in [2.05, 4.69) is 9.47 Å². The number of ketones is 1. The maximum Gasteiger partial charge on any atom is 0.375 e. The monoisotopic (exact) mass is 186 g/mol. The van der Waals surface area contributed by atoms with E-state index in [9.17, 15) is 14.4 Å². The van der Waals surface area contributed by atoms with Crippen LogP contribution in [0.2, 0.25) is 0 Å². The zero-order chi connectivity index (χ0) is 10.1. The number of carbonyl (C=O) groups excluding carboxylic acids is 3. The molecule has 0 bridgehead atoms. The number of esters is 2. The van der Waals surface area contributed by atoms with E-state index in [0.29, 0.717) is 0 Å². The Hall–Kier alpha value is -1.39. The summed E-state index contributed by atoms with van der Waals surface area (Å²) in [4.78, 5) is 32.7. The Balaban J connectivity index is 2.74. The first-order valence-electron chi connectivity index (χ1n) is 3.93. The van der Waals surface area contributed by atoms with Crippen LogP contribution >= 0.6 is 0 Å². The molecule has 0 aromatic heterocycles. The van der Waals surface area contributed by atoms with Crippen LogP contribution in [0.4, 0.5) is 0 Å². The second kappa shape index (κ2) is 3.16. The Morgan fingerprint density at radius 3 is 2.62 bits per heavy atom. The number of Topliss-reactive ketones (excluding diaryl/α,β-unsaturated/α-hetero) is 1. The van der Waals surface area contributed by atoms with Gasteiger partial charge in [-0.15, -0.1) is 0 Å². The number of ether oxygens (including phenoxy) is 2. The topological polar surface area (TPSA) is 69.7 Å². The highest BCUT2D eigenvalue weighted by molar-refractivity contribution is 6.36. The van der Waals surface area contributed by atoms with E-state index in [1.54, 1.807) is 6.92 Å². The van der Waals surface area contributed by atoms with Gasteiger partial charge in [-0.3, -0.25) is 4.79 Å². The van der Waals surface area contributed by atoms with E-state index in [1.807, 2.05) is 0 Å². The SMILES string of the molecule is CCOC(=O)[C@]1(C)CC(=O)C(=O)O1. The van der Waals surface area contributed by atoms with Gasteiger partial charge in [0.05, 0.1) is 13.0 Å². The molecule has 72 valence electrons. The van der Waals surface area contributed by atoms with Crippen molar-refractivity contribution in [2.45, 2.75) is 25.9 Å². The minimum absolute atomic E-state index is 0.195. The van der Waals surface area contributed by atoms with Crippen LogP contribution in [0.15, 0.2) is 0 Å². The number of hydrogen-bond donors (Lipinski definition) is 0. The smallest absolute Gasteiger partial charge is 0.375 e. The van der Waals surface area contributed by atoms with E-state index in [4.69, 9.17) is 0 Å². The molecule has 1 fully saturated rings. The Kier molecular flexibility index (Phi) is 2.36. The summed E-state index contributed by atoms with van der Waals surface area (Å²) in [5, 5.41) is 0. The van der Waals surface area contributed by atoms with Gasteiger partial charge in [-0.1, -0.05) is 0 Å². The molecule has 0 unspecified atom stereocenters. The van der Waals surface area contributed by atoms with Gasteiger partial charge in [-0.05, 0) is 13.8 Å². The lowest BCUT2D eigenvalue weighted by Gasteiger charge is -2.18. The van der Waals surface area contributed by atoms with Crippen molar-refractivity contribution in [3.8, 4) is 0 Å². The lowest BCUT2D eigenvalue weighted by molar-refractivity contribution is -0.172. The van der Waals surface area contributed by atoms with E-state index in [0.717, 1.165) is 0 Å². The van der Waals surface area contributed by atoms with Crippen LogP contribution in [0.1, 0.15) is 20.3 Å². The van der Waals surface area contributed by atoms with Gasteiger partial charge in [0.1, 0.15) is 0 Å². The molecule has 1 aliphatic rings. The van der Waals surface area contributed by atoms with Crippen LogP contribution in [-0.2, 0) is 23.9 Å². The summed E-state index contributed by atoms with van der Waals surface area (Å²) in [6, 6.07) is 0. The van der Waals surface area contributed by atoms with Crippen LogP contribution in [0, 0.1) is 0 Å². The number of rotatable bonds is 2. The second-order valence-corrected chi connectivity index (χ2v) is 2.94. The maximum absolute atomic E-state index is 11.2. The molecular weight excluding hydrogens is 176 g/mol. The molecule has 5 nitrogen and oxygen atoms in total. The largest absolute Gasteiger partial charge is 0.463 e. The summed E-state index contributed by atoms with van der Waals surface area (Å²) in [7, 11) is 0. The Morgan fingerprint density at radius 1 is 1.62 bits per heavy atom. The first-order chi connectivity index (χ1) is 5.99. The standard InChI is InChI=1S/C8H10O5/c1-3-12-7(11)8(2)4-5(9)6(10)13-8/h3-4H2,1-2H3/t8-/m0/s1. The molecule has 0 spiro atoms. The molecule has 1 atom stereocenters. The number of cyclic esters (lactones) is 1. The first-order valence-corrected chi connectivity index (χ1v) is 3.93. The van der Waals surface area contributed by atoms with Gasteiger partial charge < -0.3 is 9.47 Å². The third-order valence-corrected chi connectivity index (χ3v) is 1.75. The van der Waals surface area contributed by atoms with E-state index in [1.165, 1.54) is 6.92 Å². The third kappa shape index (κ3) is 1.68. The van der Waals surface area contributed by atoms with E-state index in [-0.39, 0.29) is 13.0 Å². The molecule has 0 radical (unpaired) electrons. The summed E-state index contributed by atoms with van der Waals surface area (Å²) in [6.07, 6.45) is -0.231. The van der Waals surface area contributed by atoms with Gasteiger partial charge in [0, 0.05) is 0 Å². The third-order valence-electron chi connectivity index (χ3n) is 1.75. The Labute approximate surface area is 75.0 Å². The van der Waals surface area contributed by atoms with Crippen LogP contribution < -0.4 is 0 Å². The Morgan fingerprint density at radius 2 is 2.23 bits per heavy atom. The fraction of sp³-hybridized carbons (Fsp3) is 0.625. The van der Waals surface area contributed by atoms with Crippen molar-refractivity contribution in [2.24, 2.45) is 0 Å².